The molecule has 9 heteroatoms. The van der Waals surface area contributed by atoms with Gasteiger partial charge in [-0.25, -0.2) is 19.0 Å². The zero-order valence-corrected chi connectivity index (χ0v) is 21.8. The number of esters is 2. The van der Waals surface area contributed by atoms with Crippen LogP contribution in [0.4, 0.5) is 10.5 Å². The third-order valence-electron chi connectivity index (χ3n) is 5.71. The van der Waals surface area contributed by atoms with Gasteiger partial charge in [-0.3, -0.25) is 0 Å². The molecule has 1 atom stereocenters. The molecule has 0 saturated heterocycles. The van der Waals surface area contributed by atoms with Crippen molar-refractivity contribution < 1.29 is 33.3 Å². The zero-order valence-electron chi connectivity index (χ0n) is 21.8. The molecule has 0 saturated carbocycles. The highest BCUT2D eigenvalue weighted by atomic mass is 16.6. The first-order valence-corrected chi connectivity index (χ1v) is 12.3. The second kappa shape index (κ2) is 10.5. The van der Waals surface area contributed by atoms with E-state index in [1.54, 1.807) is 40.7 Å². The summed E-state index contributed by atoms with van der Waals surface area (Å²) < 4.78 is 23.5. The maximum atomic E-state index is 13.4. The van der Waals surface area contributed by atoms with E-state index in [1.165, 1.54) is 4.57 Å². The molecule has 0 amide bonds. The Hall–Kier alpha value is -4.01. The number of hydrogen-bond donors (Lipinski definition) is 0. The minimum atomic E-state index is -0.935. The number of carbonyl (C=O) groups excluding carboxylic acids is 3. The van der Waals surface area contributed by atoms with E-state index in [1.807, 2.05) is 47.4 Å². The lowest BCUT2D eigenvalue weighted by atomic mass is 10.1. The van der Waals surface area contributed by atoms with Crippen LogP contribution in [0.25, 0.3) is 10.9 Å². The molecule has 1 aliphatic rings. The lowest BCUT2D eigenvalue weighted by Crippen LogP contribution is -2.45. The average Bonchev–Trinajstić information content (AvgIpc) is 3.24. The first kappa shape index (κ1) is 26.1. The van der Waals surface area contributed by atoms with Crippen molar-refractivity contribution in [2.75, 3.05) is 24.7 Å². The molecule has 9 nitrogen and oxygen atoms in total. The van der Waals surface area contributed by atoms with Crippen LogP contribution in [0.1, 0.15) is 50.7 Å². The van der Waals surface area contributed by atoms with Gasteiger partial charge in [0.15, 0.2) is 5.75 Å². The third-order valence-corrected chi connectivity index (χ3v) is 5.71. The standard InChI is InChI=1S/C28H32N2O7/c1-6-34-25(31)21-15-19-13-14-20-24(23(19)30(21)27(33)37-28(3,4)5)36-22(26(32)35-7-2)17-29(20)16-18-11-9-8-10-12-18/h8-15,22H,6-7,16-17H2,1-5H3/t22-/m1/s1. The van der Waals surface area contributed by atoms with Gasteiger partial charge in [-0.15, -0.1) is 0 Å². The van der Waals surface area contributed by atoms with E-state index in [0.29, 0.717) is 28.9 Å². The summed E-state index contributed by atoms with van der Waals surface area (Å²) in [7, 11) is 0. The molecular formula is C28H32N2O7. The summed E-state index contributed by atoms with van der Waals surface area (Å²) in [5, 5.41) is 0.567. The molecule has 1 aromatic heterocycles. The fourth-order valence-electron chi connectivity index (χ4n) is 4.26. The second-order valence-electron chi connectivity index (χ2n) is 9.64. The average molecular weight is 509 g/mol. The van der Waals surface area contributed by atoms with Crippen LogP contribution in [-0.4, -0.2) is 54.1 Å². The van der Waals surface area contributed by atoms with Crippen LogP contribution < -0.4 is 9.64 Å². The van der Waals surface area contributed by atoms with Crippen molar-refractivity contribution in [2.24, 2.45) is 0 Å². The largest absolute Gasteiger partial charge is 0.472 e. The minimum Gasteiger partial charge on any atom is -0.472 e. The fraction of sp³-hybridized carbons (Fsp3) is 0.393. The van der Waals surface area contributed by atoms with Gasteiger partial charge >= 0.3 is 18.0 Å². The second-order valence-corrected chi connectivity index (χ2v) is 9.64. The molecule has 196 valence electrons. The van der Waals surface area contributed by atoms with Crippen molar-refractivity contribution in [1.82, 2.24) is 4.57 Å². The van der Waals surface area contributed by atoms with Crippen LogP contribution in [0.15, 0.2) is 48.5 Å². The molecule has 0 unspecified atom stereocenters. The van der Waals surface area contributed by atoms with Gasteiger partial charge in [-0.05, 0) is 52.3 Å². The molecule has 0 fully saturated rings. The Bertz CT molecular complexity index is 1310. The topological polar surface area (TPSA) is 96.3 Å². The van der Waals surface area contributed by atoms with Gasteiger partial charge in [0.05, 0.1) is 25.4 Å². The lowest BCUT2D eigenvalue weighted by molar-refractivity contribution is -0.151. The maximum Gasteiger partial charge on any atom is 0.419 e. The van der Waals surface area contributed by atoms with Gasteiger partial charge in [0.1, 0.15) is 16.8 Å². The van der Waals surface area contributed by atoms with Crippen LogP contribution >= 0.6 is 0 Å². The molecule has 0 aliphatic carbocycles. The number of benzene rings is 2. The molecule has 0 radical (unpaired) electrons. The molecule has 3 aromatic rings. The van der Waals surface area contributed by atoms with Crippen molar-refractivity contribution in [3.05, 3.63) is 59.8 Å². The van der Waals surface area contributed by atoms with E-state index in [2.05, 4.69) is 0 Å². The molecule has 2 heterocycles. The van der Waals surface area contributed by atoms with Gasteiger partial charge in [0.25, 0.3) is 0 Å². The van der Waals surface area contributed by atoms with Gasteiger partial charge in [0.2, 0.25) is 6.10 Å². The Kier molecular flexibility index (Phi) is 7.42. The Morgan fingerprint density at radius 2 is 1.70 bits per heavy atom. The Morgan fingerprint density at radius 1 is 1.00 bits per heavy atom. The summed E-state index contributed by atoms with van der Waals surface area (Å²) in [6, 6.07) is 15.1. The summed E-state index contributed by atoms with van der Waals surface area (Å²) in [6.07, 6.45) is -1.69. The summed E-state index contributed by atoms with van der Waals surface area (Å²) in [5.74, 6) is -0.888. The highest BCUT2D eigenvalue weighted by molar-refractivity contribution is 6.05. The zero-order chi connectivity index (χ0) is 26.7. The van der Waals surface area contributed by atoms with Gasteiger partial charge in [0, 0.05) is 11.9 Å². The molecule has 0 spiro atoms. The van der Waals surface area contributed by atoms with Gasteiger partial charge < -0.3 is 23.8 Å². The number of ether oxygens (including phenoxy) is 4. The van der Waals surface area contributed by atoms with Crippen molar-refractivity contribution in [3.8, 4) is 5.75 Å². The van der Waals surface area contributed by atoms with Crippen molar-refractivity contribution in [3.63, 3.8) is 0 Å². The van der Waals surface area contributed by atoms with Gasteiger partial charge in [-0.2, -0.15) is 0 Å². The summed E-state index contributed by atoms with van der Waals surface area (Å²) >= 11 is 0. The lowest BCUT2D eigenvalue weighted by Gasteiger charge is -2.35. The Morgan fingerprint density at radius 3 is 2.35 bits per heavy atom. The Labute approximate surface area is 215 Å². The van der Waals surface area contributed by atoms with Crippen molar-refractivity contribution >= 4 is 34.6 Å². The molecule has 2 aromatic carbocycles. The monoisotopic (exact) mass is 508 g/mol. The number of nitrogens with zero attached hydrogens (tertiary/aromatic N) is 2. The number of fused-ring (bicyclic) bond motifs is 3. The normalized spacial score (nSPS) is 15.1. The number of hydrogen-bond acceptors (Lipinski definition) is 8. The molecule has 0 N–H and O–H groups in total. The first-order chi connectivity index (χ1) is 17.6. The van der Waals surface area contributed by atoms with Gasteiger partial charge in [-0.1, -0.05) is 36.4 Å². The highest BCUT2D eigenvalue weighted by Gasteiger charge is 2.36. The van der Waals surface area contributed by atoms with Crippen LogP contribution in [0.5, 0.6) is 5.75 Å². The maximum absolute atomic E-state index is 13.4. The SMILES string of the molecule is CCOC(=O)c1cc2ccc3c(c2n1C(=O)OC(C)(C)C)O[C@@H](C(=O)OCC)CN3Cc1ccccc1. The predicted molar refractivity (Wildman–Crippen MR) is 138 cm³/mol. The van der Waals surface area contributed by atoms with Crippen LogP contribution in [-0.2, 0) is 25.5 Å². The van der Waals surface area contributed by atoms with Crippen LogP contribution in [0, 0.1) is 0 Å². The van der Waals surface area contributed by atoms with E-state index in [9.17, 15) is 14.4 Å². The number of carbonyl (C=O) groups is 3. The van der Waals surface area contributed by atoms with E-state index in [0.717, 1.165) is 5.56 Å². The van der Waals surface area contributed by atoms with Crippen molar-refractivity contribution in [2.45, 2.75) is 52.9 Å². The van der Waals surface area contributed by atoms with Crippen LogP contribution in [0.3, 0.4) is 0 Å². The first-order valence-electron chi connectivity index (χ1n) is 12.3. The molecule has 4 rings (SSSR count). The quantitative estimate of drug-likeness (QED) is 0.342. The third kappa shape index (κ3) is 5.55. The summed E-state index contributed by atoms with van der Waals surface area (Å²) in [5.41, 5.74) is 1.23. The fourth-order valence-corrected chi connectivity index (χ4v) is 4.26. The van der Waals surface area contributed by atoms with Crippen LogP contribution in [0.2, 0.25) is 0 Å². The van der Waals surface area contributed by atoms with E-state index >= 15 is 0 Å². The summed E-state index contributed by atoms with van der Waals surface area (Å²) in [4.78, 5) is 41.1. The highest BCUT2D eigenvalue weighted by Crippen LogP contribution is 2.42. The van der Waals surface area contributed by atoms with Crippen molar-refractivity contribution in [1.29, 1.82) is 0 Å². The van der Waals surface area contributed by atoms with E-state index < -0.39 is 29.7 Å². The number of aromatic nitrogens is 1. The predicted octanol–water partition coefficient (Wildman–Crippen LogP) is 4.93. The molecule has 1 aliphatic heterocycles. The molecule has 0 bridgehead atoms. The summed E-state index contributed by atoms with van der Waals surface area (Å²) in [6.45, 7) is 9.74. The smallest absolute Gasteiger partial charge is 0.419 e. The molecular weight excluding hydrogens is 476 g/mol. The Balaban J connectivity index is 1.91. The van der Waals surface area contributed by atoms with E-state index in [-0.39, 0.29) is 25.5 Å². The number of rotatable bonds is 6. The van der Waals surface area contributed by atoms with E-state index in [4.69, 9.17) is 18.9 Å². The number of anilines is 1. The minimum absolute atomic E-state index is 0.0102. The molecule has 37 heavy (non-hydrogen) atoms.